The van der Waals surface area contributed by atoms with Crippen LogP contribution in [-0.2, 0) is 0 Å². The van der Waals surface area contributed by atoms with E-state index in [0.717, 1.165) is 16.6 Å². The summed E-state index contributed by atoms with van der Waals surface area (Å²) in [7, 11) is 0. The second-order valence-corrected chi connectivity index (χ2v) is 5.49. The molecule has 0 N–H and O–H groups in total. The fourth-order valence-electron chi connectivity index (χ4n) is 2.83. The van der Waals surface area contributed by atoms with Crippen LogP contribution in [0.4, 0.5) is 0 Å². The lowest BCUT2D eigenvalue weighted by Gasteiger charge is -2.05. The van der Waals surface area contributed by atoms with Gasteiger partial charge in [0.2, 0.25) is 5.78 Å². The Labute approximate surface area is 134 Å². The number of ketones is 1. The van der Waals surface area contributed by atoms with E-state index in [4.69, 9.17) is 0 Å². The minimum atomic E-state index is 0.0378. The van der Waals surface area contributed by atoms with Crippen molar-refractivity contribution in [2.45, 2.75) is 0 Å². The van der Waals surface area contributed by atoms with Crippen LogP contribution in [0.2, 0.25) is 0 Å². The number of benzene rings is 2. The maximum atomic E-state index is 12.7. The van der Waals surface area contributed by atoms with E-state index >= 15 is 0 Å². The van der Waals surface area contributed by atoms with Crippen molar-refractivity contribution in [2.24, 2.45) is 0 Å². The predicted molar refractivity (Wildman–Crippen MR) is 92.7 cm³/mol. The second kappa shape index (κ2) is 5.58. The van der Waals surface area contributed by atoms with Crippen LogP contribution in [0.5, 0.6) is 0 Å². The lowest BCUT2D eigenvalue weighted by atomic mass is 10.0. The lowest BCUT2D eigenvalue weighted by Crippen LogP contribution is -2.04. The van der Waals surface area contributed by atoms with Gasteiger partial charge in [-0.15, -0.1) is 0 Å². The third-order valence-electron chi connectivity index (χ3n) is 4.05. The van der Waals surface area contributed by atoms with E-state index < -0.39 is 0 Å². The molecular formula is C21H15NO. The average molecular weight is 297 g/mol. The van der Waals surface area contributed by atoms with Gasteiger partial charge in [-0.2, -0.15) is 0 Å². The van der Waals surface area contributed by atoms with Crippen LogP contribution in [0.1, 0.15) is 16.1 Å². The largest absolute Gasteiger partial charge is 0.314 e. The van der Waals surface area contributed by atoms with Crippen molar-refractivity contribution >= 4 is 11.3 Å². The van der Waals surface area contributed by atoms with Gasteiger partial charge >= 0.3 is 0 Å². The van der Waals surface area contributed by atoms with Crippen molar-refractivity contribution in [3.05, 3.63) is 102 Å². The van der Waals surface area contributed by atoms with E-state index in [-0.39, 0.29) is 5.78 Å². The van der Waals surface area contributed by atoms with E-state index in [1.165, 1.54) is 0 Å². The molecule has 0 aliphatic heterocycles. The third-order valence-corrected chi connectivity index (χ3v) is 4.05. The smallest absolute Gasteiger partial charge is 0.209 e. The topological polar surface area (TPSA) is 21.5 Å². The van der Waals surface area contributed by atoms with Crippen LogP contribution in [0.25, 0.3) is 16.6 Å². The molecule has 0 aliphatic carbocycles. The number of aromatic nitrogens is 1. The van der Waals surface area contributed by atoms with Crippen molar-refractivity contribution in [2.75, 3.05) is 0 Å². The van der Waals surface area contributed by atoms with Gasteiger partial charge in [0.05, 0.1) is 5.69 Å². The lowest BCUT2D eigenvalue weighted by molar-refractivity contribution is 0.103. The summed E-state index contributed by atoms with van der Waals surface area (Å²) in [6.07, 6.45) is 1.92. The van der Waals surface area contributed by atoms with Gasteiger partial charge in [-0.1, -0.05) is 60.7 Å². The first kappa shape index (κ1) is 13.5. The molecule has 2 nitrogen and oxygen atoms in total. The fourth-order valence-corrected chi connectivity index (χ4v) is 2.83. The highest BCUT2D eigenvalue weighted by Crippen LogP contribution is 2.21. The summed E-state index contributed by atoms with van der Waals surface area (Å²) in [4.78, 5) is 12.7. The SMILES string of the molecule is O=C(c1ccc(-c2ccccc2)cc1)c1ccc2ccccn12. The van der Waals surface area contributed by atoms with Gasteiger partial charge in [0.25, 0.3) is 0 Å². The number of carbonyl (C=O) groups is 1. The molecular weight excluding hydrogens is 282 g/mol. The Balaban J connectivity index is 1.69. The van der Waals surface area contributed by atoms with Crippen LogP contribution in [0, 0.1) is 0 Å². The molecule has 110 valence electrons. The van der Waals surface area contributed by atoms with Gasteiger partial charge < -0.3 is 4.40 Å². The van der Waals surface area contributed by atoms with Crippen molar-refractivity contribution < 1.29 is 4.79 Å². The molecule has 0 amide bonds. The Kier molecular flexibility index (Phi) is 3.28. The molecule has 0 saturated heterocycles. The Hall–Kier alpha value is -3.13. The quantitative estimate of drug-likeness (QED) is 0.496. The number of rotatable bonds is 3. The normalized spacial score (nSPS) is 10.8. The van der Waals surface area contributed by atoms with Crippen LogP contribution < -0.4 is 0 Å². The van der Waals surface area contributed by atoms with Gasteiger partial charge in [0.15, 0.2) is 0 Å². The summed E-state index contributed by atoms with van der Waals surface area (Å²) < 4.78 is 1.92. The first-order valence-electron chi connectivity index (χ1n) is 7.59. The Morgan fingerprint density at radius 1 is 0.652 bits per heavy atom. The van der Waals surface area contributed by atoms with Crippen LogP contribution >= 0.6 is 0 Å². The number of hydrogen-bond donors (Lipinski definition) is 0. The molecule has 0 spiro atoms. The highest BCUT2D eigenvalue weighted by atomic mass is 16.1. The van der Waals surface area contributed by atoms with Gasteiger partial charge in [-0.25, -0.2) is 0 Å². The van der Waals surface area contributed by atoms with Crippen molar-refractivity contribution in [3.63, 3.8) is 0 Å². The van der Waals surface area contributed by atoms with E-state index in [1.54, 1.807) is 0 Å². The molecule has 0 radical (unpaired) electrons. The molecule has 0 fully saturated rings. The molecule has 2 aromatic heterocycles. The first-order chi connectivity index (χ1) is 11.3. The zero-order chi connectivity index (χ0) is 15.6. The molecule has 0 unspecified atom stereocenters. The zero-order valence-electron chi connectivity index (χ0n) is 12.5. The van der Waals surface area contributed by atoms with Gasteiger partial charge in [-0.3, -0.25) is 4.79 Å². The van der Waals surface area contributed by atoms with Crippen LogP contribution in [0.15, 0.2) is 91.1 Å². The fraction of sp³-hybridized carbons (Fsp3) is 0. The van der Waals surface area contributed by atoms with E-state index in [0.29, 0.717) is 11.3 Å². The van der Waals surface area contributed by atoms with Crippen molar-refractivity contribution in [1.29, 1.82) is 0 Å². The molecule has 0 aliphatic rings. The summed E-state index contributed by atoms with van der Waals surface area (Å²) in [6.45, 7) is 0. The molecule has 2 heteroatoms. The Bertz CT molecular complexity index is 966. The Morgan fingerprint density at radius 2 is 1.35 bits per heavy atom. The van der Waals surface area contributed by atoms with Gasteiger partial charge in [-0.05, 0) is 35.4 Å². The number of pyridine rings is 1. The van der Waals surface area contributed by atoms with Gasteiger partial charge in [0, 0.05) is 17.3 Å². The first-order valence-corrected chi connectivity index (χ1v) is 7.59. The molecule has 0 bridgehead atoms. The standard InChI is InChI=1S/C21H15NO/c23-21(20-14-13-19-8-4-5-15-22(19)20)18-11-9-17(10-12-18)16-6-2-1-3-7-16/h1-15H. The zero-order valence-corrected chi connectivity index (χ0v) is 12.5. The van der Waals surface area contributed by atoms with E-state index in [1.807, 2.05) is 83.4 Å². The molecule has 0 saturated carbocycles. The van der Waals surface area contributed by atoms with Crippen molar-refractivity contribution in [1.82, 2.24) is 4.40 Å². The second-order valence-electron chi connectivity index (χ2n) is 5.49. The summed E-state index contributed by atoms with van der Waals surface area (Å²) in [5.41, 5.74) is 4.68. The van der Waals surface area contributed by atoms with E-state index in [9.17, 15) is 4.79 Å². The third kappa shape index (κ3) is 2.44. The molecule has 4 aromatic rings. The number of nitrogens with zero attached hydrogens (tertiary/aromatic N) is 1. The number of hydrogen-bond acceptors (Lipinski definition) is 1. The highest BCUT2D eigenvalue weighted by Gasteiger charge is 2.13. The van der Waals surface area contributed by atoms with E-state index in [2.05, 4.69) is 12.1 Å². The summed E-state index contributed by atoms with van der Waals surface area (Å²) in [6, 6.07) is 27.7. The molecule has 2 heterocycles. The molecule has 4 rings (SSSR count). The van der Waals surface area contributed by atoms with Crippen LogP contribution in [0.3, 0.4) is 0 Å². The van der Waals surface area contributed by atoms with Gasteiger partial charge in [0.1, 0.15) is 0 Å². The monoisotopic (exact) mass is 297 g/mol. The maximum Gasteiger partial charge on any atom is 0.209 e. The minimum Gasteiger partial charge on any atom is -0.314 e. The predicted octanol–water partition coefficient (Wildman–Crippen LogP) is 4.84. The Morgan fingerprint density at radius 3 is 2.13 bits per heavy atom. The van der Waals surface area contributed by atoms with Crippen LogP contribution in [-0.4, -0.2) is 10.2 Å². The number of fused-ring (bicyclic) bond motifs is 1. The minimum absolute atomic E-state index is 0.0378. The highest BCUT2D eigenvalue weighted by molar-refractivity contribution is 6.08. The summed E-state index contributed by atoms with van der Waals surface area (Å²) in [5, 5.41) is 0. The maximum absolute atomic E-state index is 12.7. The molecule has 2 aromatic carbocycles. The summed E-state index contributed by atoms with van der Waals surface area (Å²) >= 11 is 0. The molecule has 0 atom stereocenters. The van der Waals surface area contributed by atoms with Crippen molar-refractivity contribution in [3.8, 4) is 11.1 Å². The molecule has 23 heavy (non-hydrogen) atoms. The summed E-state index contributed by atoms with van der Waals surface area (Å²) in [5.74, 6) is 0.0378. The number of carbonyl (C=O) groups excluding carboxylic acids is 1. The average Bonchev–Trinajstić information content (AvgIpc) is 3.06.